The average molecular weight is 343 g/mol. The molecule has 0 bridgehead atoms. The Morgan fingerprint density at radius 3 is 2.50 bits per heavy atom. The second-order valence-electron chi connectivity index (χ2n) is 5.52. The lowest BCUT2D eigenvalue weighted by molar-refractivity contribution is -0.122. The summed E-state index contributed by atoms with van der Waals surface area (Å²) in [7, 11) is 3.37. The lowest BCUT2D eigenvalue weighted by Crippen LogP contribution is -2.46. The Morgan fingerprint density at radius 1 is 1.25 bits per heavy atom. The quantitative estimate of drug-likeness (QED) is 0.886. The monoisotopic (exact) mass is 342 g/mol. The number of hydrogen-bond donors (Lipinski definition) is 1. The Morgan fingerprint density at radius 2 is 1.95 bits per heavy atom. The minimum absolute atomic E-state index is 0.370. The zero-order valence-electron chi connectivity index (χ0n) is 12.2. The van der Waals surface area contributed by atoms with Crippen LogP contribution >= 0.6 is 15.9 Å². The molecule has 1 aliphatic carbocycles. The standard InChI is InChI=1S/C16H23BrO3/c1-19-14-7-6-12(10-13(14)17)11-15(18)16(20-2)8-4-3-5-9-16/h6-7,10,15,18H,3-5,8-9,11H2,1-2H3. The normalized spacial score (nSPS) is 19.6. The first kappa shape index (κ1) is 15.8. The fourth-order valence-corrected chi connectivity index (χ4v) is 3.66. The van der Waals surface area contributed by atoms with Gasteiger partial charge < -0.3 is 14.6 Å². The number of benzene rings is 1. The van der Waals surface area contributed by atoms with Crippen LogP contribution in [0, 0.1) is 0 Å². The highest BCUT2D eigenvalue weighted by Gasteiger charge is 2.39. The Labute approximate surface area is 129 Å². The fraction of sp³-hybridized carbons (Fsp3) is 0.625. The van der Waals surface area contributed by atoms with Crippen LogP contribution in [0.5, 0.6) is 5.75 Å². The lowest BCUT2D eigenvalue weighted by atomic mass is 9.78. The molecule has 0 saturated heterocycles. The predicted molar refractivity (Wildman–Crippen MR) is 83.2 cm³/mol. The second kappa shape index (κ2) is 6.92. The highest BCUT2D eigenvalue weighted by atomic mass is 79.9. The molecule has 0 aromatic heterocycles. The molecule has 112 valence electrons. The molecule has 1 unspecified atom stereocenters. The van der Waals surface area contributed by atoms with Crippen molar-refractivity contribution >= 4 is 15.9 Å². The van der Waals surface area contributed by atoms with Crippen molar-refractivity contribution in [1.82, 2.24) is 0 Å². The van der Waals surface area contributed by atoms with E-state index in [1.54, 1.807) is 14.2 Å². The van der Waals surface area contributed by atoms with Gasteiger partial charge in [-0.3, -0.25) is 0 Å². The second-order valence-corrected chi connectivity index (χ2v) is 6.37. The molecule has 1 aliphatic rings. The Hall–Kier alpha value is -0.580. The number of aliphatic hydroxyl groups excluding tert-OH is 1. The molecule has 0 amide bonds. The third-order valence-corrected chi connectivity index (χ3v) is 4.98. The molecule has 0 aliphatic heterocycles. The van der Waals surface area contributed by atoms with Crippen molar-refractivity contribution in [2.24, 2.45) is 0 Å². The zero-order chi connectivity index (χ0) is 14.6. The van der Waals surface area contributed by atoms with Gasteiger partial charge in [0.25, 0.3) is 0 Å². The van der Waals surface area contributed by atoms with Gasteiger partial charge in [0.15, 0.2) is 0 Å². The van der Waals surface area contributed by atoms with Crippen LogP contribution in [0.3, 0.4) is 0 Å². The van der Waals surface area contributed by atoms with Gasteiger partial charge >= 0.3 is 0 Å². The molecule has 3 nitrogen and oxygen atoms in total. The molecule has 20 heavy (non-hydrogen) atoms. The molecule has 1 saturated carbocycles. The van der Waals surface area contributed by atoms with Gasteiger partial charge in [0.05, 0.1) is 23.3 Å². The van der Waals surface area contributed by atoms with E-state index in [0.29, 0.717) is 6.42 Å². The van der Waals surface area contributed by atoms with Gasteiger partial charge in [-0.25, -0.2) is 0 Å². The van der Waals surface area contributed by atoms with E-state index in [1.807, 2.05) is 18.2 Å². The average Bonchev–Trinajstić information content (AvgIpc) is 2.48. The summed E-state index contributed by atoms with van der Waals surface area (Å²) < 4.78 is 11.8. The number of aliphatic hydroxyl groups is 1. The molecule has 1 aromatic rings. The van der Waals surface area contributed by atoms with Crippen LogP contribution in [0.1, 0.15) is 37.7 Å². The zero-order valence-corrected chi connectivity index (χ0v) is 13.8. The van der Waals surface area contributed by atoms with Crippen LogP contribution < -0.4 is 4.74 Å². The van der Waals surface area contributed by atoms with Crippen molar-refractivity contribution in [3.8, 4) is 5.75 Å². The van der Waals surface area contributed by atoms with E-state index in [4.69, 9.17) is 9.47 Å². The van der Waals surface area contributed by atoms with Gasteiger partial charge in [-0.05, 0) is 46.5 Å². The molecule has 1 aromatic carbocycles. The molecular formula is C16H23BrO3. The van der Waals surface area contributed by atoms with Crippen LogP contribution in [0.4, 0.5) is 0 Å². The van der Waals surface area contributed by atoms with E-state index in [0.717, 1.165) is 41.5 Å². The molecule has 0 heterocycles. The molecule has 1 atom stereocenters. The summed E-state index contributed by atoms with van der Waals surface area (Å²) in [5, 5.41) is 10.6. The molecule has 1 fully saturated rings. The van der Waals surface area contributed by atoms with Crippen LogP contribution in [-0.4, -0.2) is 31.0 Å². The van der Waals surface area contributed by atoms with Gasteiger partial charge in [0, 0.05) is 13.5 Å². The lowest BCUT2D eigenvalue weighted by Gasteiger charge is -2.40. The summed E-state index contributed by atoms with van der Waals surface area (Å²) in [4.78, 5) is 0. The molecule has 0 radical (unpaired) electrons. The van der Waals surface area contributed by atoms with E-state index >= 15 is 0 Å². The van der Waals surface area contributed by atoms with Gasteiger partial charge in [-0.15, -0.1) is 0 Å². The van der Waals surface area contributed by atoms with Gasteiger partial charge in [-0.2, -0.15) is 0 Å². The number of methoxy groups -OCH3 is 2. The van der Waals surface area contributed by atoms with Crippen LogP contribution in [0.25, 0.3) is 0 Å². The highest BCUT2D eigenvalue weighted by Crippen LogP contribution is 2.36. The molecule has 2 rings (SSSR count). The van der Waals surface area contributed by atoms with Crippen molar-refractivity contribution in [3.05, 3.63) is 28.2 Å². The molecular weight excluding hydrogens is 320 g/mol. The topological polar surface area (TPSA) is 38.7 Å². The minimum atomic E-state index is -0.465. The SMILES string of the molecule is COc1ccc(CC(O)C2(OC)CCCCC2)cc1Br. The Kier molecular flexibility index (Phi) is 5.47. The van der Waals surface area contributed by atoms with E-state index in [1.165, 1.54) is 6.42 Å². The first-order chi connectivity index (χ1) is 9.61. The van der Waals surface area contributed by atoms with Crippen molar-refractivity contribution in [3.63, 3.8) is 0 Å². The van der Waals surface area contributed by atoms with Crippen LogP contribution in [0.15, 0.2) is 22.7 Å². The van der Waals surface area contributed by atoms with E-state index < -0.39 is 6.10 Å². The van der Waals surface area contributed by atoms with E-state index in [2.05, 4.69) is 15.9 Å². The minimum Gasteiger partial charge on any atom is -0.496 e. The van der Waals surface area contributed by atoms with Crippen LogP contribution in [0.2, 0.25) is 0 Å². The van der Waals surface area contributed by atoms with Crippen molar-refractivity contribution in [2.45, 2.75) is 50.2 Å². The first-order valence-electron chi connectivity index (χ1n) is 7.17. The third kappa shape index (κ3) is 3.35. The predicted octanol–water partition coefficient (Wildman–Crippen LogP) is 3.71. The van der Waals surface area contributed by atoms with Gasteiger partial charge in [0.2, 0.25) is 0 Å². The summed E-state index contributed by atoms with van der Waals surface area (Å²) in [6, 6.07) is 5.93. The Balaban J connectivity index is 2.09. The summed E-state index contributed by atoms with van der Waals surface area (Å²) in [5.41, 5.74) is 0.720. The number of halogens is 1. The number of hydrogen-bond acceptors (Lipinski definition) is 3. The van der Waals surface area contributed by atoms with E-state index in [9.17, 15) is 5.11 Å². The van der Waals surface area contributed by atoms with Gasteiger partial charge in [-0.1, -0.05) is 25.3 Å². The molecule has 1 N–H and O–H groups in total. The maximum atomic E-state index is 10.6. The number of rotatable bonds is 5. The molecule has 0 spiro atoms. The van der Waals surface area contributed by atoms with Crippen LogP contribution in [-0.2, 0) is 11.2 Å². The number of ether oxygens (including phenoxy) is 2. The summed E-state index contributed by atoms with van der Waals surface area (Å²) in [5.74, 6) is 0.808. The fourth-order valence-electron chi connectivity index (χ4n) is 3.07. The first-order valence-corrected chi connectivity index (χ1v) is 7.96. The van der Waals surface area contributed by atoms with Crippen molar-refractivity contribution in [1.29, 1.82) is 0 Å². The Bertz CT molecular complexity index is 441. The summed E-state index contributed by atoms with van der Waals surface area (Å²) >= 11 is 3.49. The van der Waals surface area contributed by atoms with Crippen molar-refractivity contribution in [2.75, 3.05) is 14.2 Å². The maximum Gasteiger partial charge on any atom is 0.133 e. The third-order valence-electron chi connectivity index (χ3n) is 4.36. The van der Waals surface area contributed by atoms with Gasteiger partial charge in [0.1, 0.15) is 5.75 Å². The largest absolute Gasteiger partial charge is 0.496 e. The highest BCUT2D eigenvalue weighted by molar-refractivity contribution is 9.10. The molecule has 4 heteroatoms. The van der Waals surface area contributed by atoms with Crippen molar-refractivity contribution < 1.29 is 14.6 Å². The summed E-state index contributed by atoms with van der Waals surface area (Å²) in [6.45, 7) is 0. The smallest absolute Gasteiger partial charge is 0.133 e. The summed E-state index contributed by atoms with van der Waals surface area (Å²) in [6.07, 6.45) is 5.55. The maximum absolute atomic E-state index is 10.6. The van der Waals surface area contributed by atoms with E-state index in [-0.39, 0.29) is 5.60 Å².